The van der Waals surface area contributed by atoms with E-state index in [2.05, 4.69) is 38.6 Å². The normalized spacial score (nSPS) is 13.8. The van der Waals surface area contributed by atoms with Crippen molar-refractivity contribution in [1.82, 2.24) is 4.90 Å². The fraction of sp³-hybridized carbons (Fsp3) is 0.367. The van der Waals surface area contributed by atoms with E-state index in [1.165, 1.54) is 42.3 Å². The SMILES string of the molecule is COC(CN(C(=O)O)C(C)c1cccc(NS(=O)(=O)c2ccc(-c3ccc(F)cc3F)cc2)c1)O[Si](C)(C)C(C)(C)C. The molecular formula is C30H38F2N2O6SSi. The van der Waals surface area contributed by atoms with Gasteiger partial charge in [-0.05, 0) is 72.6 Å². The first-order valence-corrected chi connectivity index (χ1v) is 17.7. The number of methoxy groups -OCH3 is 1. The van der Waals surface area contributed by atoms with E-state index in [1.54, 1.807) is 31.2 Å². The third-order valence-corrected chi connectivity index (χ3v) is 13.4. The average Bonchev–Trinajstić information content (AvgIpc) is 2.89. The van der Waals surface area contributed by atoms with Crippen LogP contribution < -0.4 is 4.72 Å². The number of nitrogens with zero attached hydrogens (tertiary/aromatic N) is 1. The van der Waals surface area contributed by atoms with Gasteiger partial charge in [0, 0.05) is 24.4 Å². The van der Waals surface area contributed by atoms with Crippen LogP contribution in [0.5, 0.6) is 0 Å². The van der Waals surface area contributed by atoms with Gasteiger partial charge < -0.3 is 14.3 Å². The Kier molecular flexibility index (Phi) is 10.2. The lowest BCUT2D eigenvalue weighted by atomic mass is 10.1. The molecule has 0 aliphatic rings. The molecular weight excluding hydrogens is 582 g/mol. The van der Waals surface area contributed by atoms with Crippen molar-refractivity contribution >= 4 is 30.1 Å². The molecule has 0 saturated heterocycles. The van der Waals surface area contributed by atoms with Crippen LogP contribution in [-0.4, -0.2) is 52.8 Å². The first-order chi connectivity index (χ1) is 19.4. The molecule has 0 bridgehead atoms. The predicted molar refractivity (Wildman–Crippen MR) is 161 cm³/mol. The Hall–Kier alpha value is -3.32. The van der Waals surface area contributed by atoms with Gasteiger partial charge in [0.15, 0.2) is 14.6 Å². The van der Waals surface area contributed by atoms with Crippen molar-refractivity contribution in [2.24, 2.45) is 0 Å². The number of hydrogen-bond acceptors (Lipinski definition) is 5. The maximum atomic E-state index is 14.2. The van der Waals surface area contributed by atoms with Gasteiger partial charge in [-0.1, -0.05) is 45.0 Å². The zero-order valence-corrected chi connectivity index (χ0v) is 26.6. The number of halogens is 2. The Labute approximate surface area is 247 Å². The van der Waals surface area contributed by atoms with Gasteiger partial charge in [-0.15, -0.1) is 0 Å². The second-order valence-electron chi connectivity index (χ2n) is 11.5. The van der Waals surface area contributed by atoms with E-state index in [0.717, 1.165) is 12.1 Å². The van der Waals surface area contributed by atoms with Crippen LogP contribution in [0.2, 0.25) is 18.1 Å². The summed E-state index contributed by atoms with van der Waals surface area (Å²) in [5.41, 5.74) is 1.33. The second kappa shape index (κ2) is 12.9. The van der Waals surface area contributed by atoms with Gasteiger partial charge in [-0.2, -0.15) is 0 Å². The zero-order chi connectivity index (χ0) is 31.5. The smallest absolute Gasteiger partial charge is 0.407 e. The third kappa shape index (κ3) is 7.94. The van der Waals surface area contributed by atoms with Crippen molar-refractivity contribution in [3.8, 4) is 11.1 Å². The summed E-state index contributed by atoms with van der Waals surface area (Å²) in [6.45, 7) is 12.0. The second-order valence-corrected chi connectivity index (χ2v) is 18.0. The van der Waals surface area contributed by atoms with Crippen molar-refractivity contribution in [3.63, 3.8) is 0 Å². The van der Waals surface area contributed by atoms with Crippen LogP contribution in [0, 0.1) is 11.6 Å². The van der Waals surface area contributed by atoms with Gasteiger partial charge >= 0.3 is 6.09 Å². The first kappa shape index (κ1) is 33.2. The van der Waals surface area contributed by atoms with Crippen LogP contribution in [0.4, 0.5) is 19.3 Å². The van der Waals surface area contributed by atoms with Crippen LogP contribution in [0.3, 0.4) is 0 Å². The lowest BCUT2D eigenvalue weighted by molar-refractivity contribution is -0.0811. The van der Waals surface area contributed by atoms with E-state index >= 15 is 0 Å². The van der Waals surface area contributed by atoms with Crippen LogP contribution >= 0.6 is 0 Å². The van der Waals surface area contributed by atoms with Crippen LogP contribution in [0.15, 0.2) is 71.6 Å². The van der Waals surface area contributed by atoms with Crippen molar-refractivity contribution in [1.29, 1.82) is 0 Å². The summed E-state index contributed by atoms with van der Waals surface area (Å²) in [4.78, 5) is 13.4. The Morgan fingerprint density at radius 1 is 1.05 bits per heavy atom. The zero-order valence-electron chi connectivity index (χ0n) is 24.8. The fourth-order valence-corrected chi connectivity index (χ4v) is 6.25. The lowest BCUT2D eigenvalue weighted by Gasteiger charge is -2.40. The summed E-state index contributed by atoms with van der Waals surface area (Å²) in [7, 11) is -4.82. The number of hydrogen-bond donors (Lipinski definition) is 2. The highest BCUT2D eigenvalue weighted by atomic mass is 32.2. The number of carbonyl (C=O) groups is 1. The van der Waals surface area contributed by atoms with Gasteiger partial charge in [-0.25, -0.2) is 22.0 Å². The van der Waals surface area contributed by atoms with E-state index < -0.39 is 48.4 Å². The van der Waals surface area contributed by atoms with Crippen LogP contribution in [0.25, 0.3) is 11.1 Å². The highest BCUT2D eigenvalue weighted by Crippen LogP contribution is 2.38. The molecule has 1 amide bonds. The molecule has 0 aromatic heterocycles. The van der Waals surface area contributed by atoms with E-state index in [1.807, 2.05) is 0 Å². The van der Waals surface area contributed by atoms with E-state index in [4.69, 9.17) is 9.16 Å². The molecule has 8 nitrogen and oxygen atoms in total. The molecule has 3 aromatic rings. The molecule has 3 rings (SSSR count). The highest BCUT2D eigenvalue weighted by Gasteiger charge is 2.40. The largest absolute Gasteiger partial charge is 0.465 e. The molecule has 0 aliphatic carbocycles. The minimum absolute atomic E-state index is 0.0452. The molecule has 2 N–H and O–H groups in total. The van der Waals surface area contributed by atoms with Crippen molar-refractivity contribution in [2.45, 2.75) is 63.1 Å². The molecule has 0 spiro atoms. The third-order valence-electron chi connectivity index (χ3n) is 7.58. The standard InChI is InChI=1S/C30H38F2N2O6SSi/c1-20(34(29(35)36)19-28(39-5)40-42(6,7)30(2,3)4)22-9-8-10-24(17-22)33-41(37,38)25-14-11-21(12-15-25)26-16-13-23(31)18-27(26)32/h8-18,20,28,33H,19H2,1-7H3,(H,35,36). The summed E-state index contributed by atoms with van der Waals surface area (Å²) < 4.78 is 68.0. The molecule has 228 valence electrons. The molecule has 3 aromatic carbocycles. The molecule has 0 aliphatic heterocycles. The summed E-state index contributed by atoms with van der Waals surface area (Å²) in [5.74, 6) is -1.46. The molecule has 2 atom stereocenters. The number of anilines is 1. The van der Waals surface area contributed by atoms with E-state index in [-0.39, 0.29) is 27.7 Å². The predicted octanol–water partition coefficient (Wildman–Crippen LogP) is 7.47. The number of ether oxygens (including phenoxy) is 1. The van der Waals surface area contributed by atoms with Crippen molar-refractivity contribution in [3.05, 3.63) is 83.9 Å². The number of amides is 1. The molecule has 42 heavy (non-hydrogen) atoms. The Morgan fingerprint density at radius 2 is 1.69 bits per heavy atom. The molecule has 0 radical (unpaired) electrons. The number of carboxylic acid groups (broad SMARTS) is 1. The average molecular weight is 621 g/mol. The summed E-state index contributed by atoms with van der Waals surface area (Å²) in [5, 5.41) is 9.92. The quantitative estimate of drug-likeness (QED) is 0.170. The molecule has 2 unspecified atom stereocenters. The summed E-state index contributed by atoms with van der Waals surface area (Å²) >= 11 is 0. The van der Waals surface area contributed by atoms with Gasteiger partial charge in [-0.3, -0.25) is 9.62 Å². The Balaban J connectivity index is 1.79. The van der Waals surface area contributed by atoms with Crippen LogP contribution in [-0.2, 0) is 19.2 Å². The van der Waals surface area contributed by atoms with Crippen molar-refractivity contribution in [2.75, 3.05) is 18.4 Å². The Bertz CT molecular complexity index is 1510. The minimum atomic E-state index is -4.03. The molecule has 0 heterocycles. The molecule has 12 heteroatoms. The molecule has 0 fully saturated rings. The van der Waals surface area contributed by atoms with Gasteiger partial charge in [0.05, 0.1) is 17.5 Å². The van der Waals surface area contributed by atoms with Gasteiger partial charge in [0.2, 0.25) is 0 Å². The molecule has 0 saturated carbocycles. The summed E-state index contributed by atoms with van der Waals surface area (Å²) in [6, 6.07) is 14.5. The lowest BCUT2D eigenvalue weighted by Crippen LogP contribution is -2.48. The fourth-order valence-electron chi connectivity index (χ4n) is 4.02. The van der Waals surface area contributed by atoms with E-state index in [0.29, 0.717) is 11.1 Å². The monoisotopic (exact) mass is 620 g/mol. The number of rotatable bonds is 11. The highest BCUT2D eigenvalue weighted by molar-refractivity contribution is 7.92. The summed E-state index contributed by atoms with van der Waals surface area (Å²) in [6.07, 6.45) is -1.95. The van der Waals surface area contributed by atoms with Gasteiger partial charge in [0.1, 0.15) is 11.6 Å². The van der Waals surface area contributed by atoms with Crippen LogP contribution in [0.1, 0.15) is 39.3 Å². The maximum Gasteiger partial charge on any atom is 0.407 e. The number of sulfonamides is 1. The topological polar surface area (TPSA) is 105 Å². The van der Waals surface area contributed by atoms with Gasteiger partial charge in [0.25, 0.3) is 10.0 Å². The number of benzene rings is 3. The number of nitrogens with one attached hydrogen (secondary N) is 1. The first-order valence-electron chi connectivity index (χ1n) is 13.3. The van der Waals surface area contributed by atoms with E-state index in [9.17, 15) is 27.1 Å². The van der Waals surface area contributed by atoms with Crippen molar-refractivity contribution < 1.29 is 36.3 Å². The maximum absolute atomic E-state index is 14.2. The minimum Gasteiger partial charge on any atom is -0.465 e. The Morgan fingerprint density at radius 3 is 2.24 bits per heavy atom.